The summed E-state index contributed by atoms with van der Waals surface area (Å²) in [4.78, 5) is 0. The van der Waals surface area contributed by atoms with E-state index in [1.54, 1.807) is 6.07 Å². The Morgan fingerprint density at radius 3 is 2.55 bits per heavy atom. The molecule has 0 bridgehead atoms. The molecule has 0 aliphatic rings. The highest BCUT2D eigenvalue weighted by Crippen LogP contribution is 2.20. The maximum absolute atomic E-state index is 13.1. The molecule has 0 aromatic heterocycles. The van der Waals surface area contributed by atoms with Crippen molar-refractivity contribution in [3.63, 3.8) is 0 Å². The minimum atomic E-state index is -0.158. The summed E-state index contributed by atoms with van der Waals surface area (Å²) in [5.74, 6) is -0.158. The van der Waals surface area contributed by atoms with E-state index in [4.69, 9.17) is 5.73 Å². The molecule has 1 aromatic carbocycles. The van der Waals surface area contributed by atoms with Crippen LogP contribution in [-0.2, 0) is 6.54 Å². The van der Waals surface area contributed by atoms with Gasteiger partial charge in [-0.25, -0.2) is 4.39 Å². The molecule has 0 aliphatic carbocycles. The molecule has 4 heteroatoms. The first-order valence-electron chi connectivity index (χ1n) is 2.99. The molecule has 1 aromatic rings. The molecule has 2 N–H and O–H groups in total. The van der Waals surface area contributed by atoms with Crippen molar-refractivity contribution in [3.8, 4) is 0 Å². The number of hydrogen-bond acceptors (Lipinski definition) is 1. The Labute approximate surface area is 91.8 Å². The van der Waals surface area contributed by atoms with Gasteiger partial charge in [-0.1, -0.05) is 6.07 Å². The number of nitrogens with two attached hydrogens (primary N) is 1. The molecular weight excluding hydrogens is 371 g/mol. The molecule has 1 nitrogen and oxygen atoms in total. The van der Waals surface area contributed by atoms with Crippen LogP contribution in [0.25, 0.3) is 0 Å². The van der Waals surface area contributed by atoms with Crippen molar-refractivity contribution in [1.29, 1.82) is 0 Å². The van der Waals surface area contributed by atoms with E-state index in [2.05, 4.69) is 0 Å². The maximum Gasteiger partial charge on any atom is 0.150 e. The van der Waals surface area contributed by atoms with Crippen LogP contribution in [0.15, 0.2) is 12.1 Å². The van der Waals surface area contributed by atoms with Gasteiger partial charge in [0.25, 0.3) is 0 Å². The zero-order valence-electron chi connectivity index (χ0n) is 5.57. The molecule has 0 amide bonds. The molecule has 0 atom stereocenters. The maximum atomic E-state index is 13.1. The van der Waals surface area contributed by atoms with Crippen molar-refractivity contribution in [2.45, 2.75) is 6.54 Å². The third kappa shape index (κ3) is 2.03. The summed E-state index contributed by atoms with van der Waals surface area (Å²) >= 11 is 3.93. The molecule has 0 heterocycles. The highest BCUT2D eigenvalue weighted by atomic mass is 127. The normalized spacial score (nSPS) is 10.2. The fraction of sp³-hybridized carbons (Fsp3) is 0.143. The van der Waals surface area contributed by atoms with Gasteiger partial charge in [0.05, 0.1) is 3.57 Å². The summed E-state index contributed by atoms with van der Waals surface area (Å²) in [6.45, 7) is 0.395. The van der Waals surface area contributed by atoms with Crippen LogP contribution in [0.1, 0.15) is 5.56 Å². The molecule has 11 heavy (non-hydrogen) atoms. The zero-order valence-corrected chi connectivity index (χ0v) is 9.89. The van der Waals surface area contributed by atoms with Crippen LogP contribution in [0, 0.1) is 13.0 Å². The van der Waals surface area contributed by atoms with Crippen LogP contribution < -0.4 is 5.73 Å². The van der Waals surface area contributed by atoms with Crippen molar-refractivity contribution < 1.29 is 4.39 Å². The minimum absolute atomic E-state index is 0.158. The van der Waals surface area contributed by atoms with Gasteiger partial charge in [-0.05, 0) is 56.8 Å². The summed E-state index contributed by atoms with van der Waals surface area (Å²) in [7, 11) is 0. The minimum Gasteiger partial charge on any atom is -0.326 e. The van der Waals surface area contributed by atoms with Gasteiger partial charge in [0.15, 0.2) is 0 Å². The van der Waals surface area contributed by atoms with Gasteiger partial charge in [-0.15, -0.1) is 0 Å². The van der Waals surface area contributed by atoms with E-state index in [0.29, 0.717) is 13.7 Å². The van der Waals surface area contributed by atoms with E-state index in [0.717, 1.165) is 5.56 Å². The lowest BCUT2D eigenvalue weighted by molar-refractivity contribution is 0.609. The second kappa shape index (κ2) is 3.99. The smallest absolute Gasteiger partial charge is 0.150 e. The predicted molar refractivity (Wildman–Crippen MR) is 59.7 cm³/mol. The van der Waals surface area contributed by atoms with Crippen LogP contribution >= 0.6 is 45.2 Å². The van der Waals surface area contributed by atoms with Crippen molar-refractivity contribution in [3.05, 3.63) is 30.7 Å². The van der Waals surface area contributed by atoms with Crippen LogP contribution in [-0.4, -0.2) is 0 Å². The van der Waals surface area contributed by atoms with Gasteiger partial charge in [0.1, 0.15) is 5.82 Å². The Kier molecular flexibility index (Phi) is 3.51. The Balaban J connectivity index is 3.25. The topological polar surface area (TPSA) is 26.0 Å². The number of benzene rings is 1. The van der Waals surface area contributed by atoms with E-state index in [9.17, 15) is 4.39 Å². The van der Waals surface area contributed by atoms with Gasteiger partial charge in [-0.2, -0.15) is 0 Å². The SMILES string of the molecule is NCc1ccc(I)c(F)c1I. The van der Waals surface area contributed by atoms with E-state index in [1.165, 1.54) is 0 Å². The summed E-state index contributed by atoms with van der Waals surface area (Å²) in [5.41, 5.74) is 6.26. The average Bonchev–Trinajstić information content (AvgIpc) is 2.01. The quantitative estimate of drug-likeness (QED) is 0.591. The number of rotatable bonds is 1. The highest BCUT2D eigenvalue weighted by Gasteiger charge is 2.06. The summed E-state index contributed by atoms with van der Waals surface area (Å²) in [5, 5.41) is 0. The molecular formula is C7H6FI2N. The fourth-order valence-electron chi connectivity index (χ4n) is 0.724. The Hall–Kier alpha value is 0.570. The van der Waals surface area contributed by atoms with Crippen LogP contribution in [0.4, 0.5) is 4.39 Å². The second-order valence-corrected chi connectivity index (χ2v) is 4.28. The number of hydrogen-bond donors (Lipinski definition) is 1. The molecule has 0 spiro atoms. The van der Waals surface area contributed by atoms with E-state index >= 15 is 0 Å². The first kappa shape index (κ1) is 9.66. The third-order valence-corrected chi connectivity index (χ3v) is 3.33. The van der Waals surface area contributed by atoms with Crippen LogP contribution in [0.3, 0.4) is 0 Å². The molecule has 0 saturated carbocycles. The van der Waals surface area contributed by atoms with Crippen LogP contribution in [0.5, 0.6) is 0 Å². The second-order valence-electron chi connectivity index (χ2n) is 2.04. The Bertz CT molecular complexity index is 275. The first-order valence-corrected chi connectivity index (χ1v) is 5.15. The zero-order chi connectivity index (χ0) is 8.43. The van der Waals surface area contributed by atoms with Crippen molar-refractivity contribution in [2.24, 2.45) is 5.73 Å². The third-order valence-electron chi connectivity index (χ3n) is 1.34. The average molecular weight is 377 g/mol. The highest BCUT2D eigenvalue weighted by molar-refractivity contribution is 14.1. The van der Waals surface area contributed by atoms with Crippen LogP contribution in [0.2, 0.25) is 0 Å². The van der Waals surface area contributed by atoms with Gasteiger partial charge in [0, 0.05) is 10.1 Å². The molecule has 0 radical (unpaired) electrons. The van der Waals surface area contributed by atoms with Crippen molar-refractivity contribution in [1.82, 2.24) is 0 Å². The monoisotopic (exact) mass is 377 g/mol. The standard InChI is InChI=1S/C7H6FI2N/c8-6-5(9)2-1-4(3-11)7(6)10/h1-2H,3,11H2. The van der Waals surface area contributed by atoms with E-state index in [-0.39, 0.29) is 5.82 Å². The summed E-state index contributed by atoms with van der Waals surface area (Å²) in [6, 6.07) is 3.59. The molecule has 0 fully saturated rings. The Morgan fingerprint density at radius 1 is 1.36 bits per heavy atom. The molecule has 0 saturated heterocycles. The molecule has 1 rings (SSSR count). The lowest BCUT2D eigenvalue weighted by Crippen LogP contribution is -2.01. The van der Waals surface area contributed by atoms with Gasteiger partial charge >= 0.3 is 0 Å². The summed E-state index contributed by atoms with van der Waals surface area (Å²) in [6.07, 6.45) is 0. The first-order chi connectivity index (χ1) is 5.16. The predicted octanol–water partition coefficient (Wildman–Crippen LogP) is 2.49. The molecule has 0 unspecified atom stereocenters. The summed E-state index contributed by atoms with van der Waals surface area (Å²) < 4.78 is 14.4. The van der Waals surface area contributed by atoms with E-state index < -0.39 is 0 Å². The lowest BCUT2D eigenvalue weighted by atomic mass is 10.2. The fourth-order valence-corrected chi connectivity index (χ4v) is 2.38. The lowest BCUT2D eigenvalue weighted by Gasteiger charge is -2.02. The van der Waals surface area contributed by atoms with Crippen molar-refractivity contribution >= 4 is 45.2 Å². The van der Waals surface area contributed by atoms with Gasteiger partial charge in [0.2, 0.25) is 0 Å². The number of halogens is 3. The van der Waals surface area contributed by atoms with Gasteiger partial charge in [-0.3, -0.25) is 0 Å². The van der Waals surface area contributed by atoms with Gasteiger partial charge < -0.3 is 5.73 Å². The van der Waals surface area contributed by atoms with Crippen molar-refractivity contribution in [2.75, 3.05) is 0 Å². The largest absolute Gasteiger partial charge is 0.326 e. The van der Waals surface area contributed by atoms with E-state index in [1.807, 2.05) is 51.2 Å². The Morgan fingerprint density at radius 2 is 2.00 bits per heavy atom. The molecule has 0 aliphatic heterocycles. The molecule has 60 valence electrons.